The van der Waals surface area contributed by atoms with E-state index < -0.39 is 6.61 Å². The quantitative estimate of drug-likeness (QED) is 0.274. The van der Waals surface area contributed by atoms with Gasteiger partial charge in [-0.25, -0.2) is 0 Å². The summed E-state index contributed by atoms with van der Waals surface area (Å²) in [6.45, 7) is -2.11. The Kier molecular flexibility index (Phi) is 9.88. The number of methoxy groups -OCH3 is 2. The molecular weight excluding hydrogens is 539 g/mol. The Balaban J connectivity index is 0.00000363. The molecule has 0 fully saturated rings. The van der Waals surface area contributed by atoms with E-state index >= 15 is 0 Å². The molecule has 0 aliphatic carbocycles. The van der Waals surface area contributed by atoms with Crippen molar-refractivity contribution in [2.45, 2.75) is 19.6 Å². The highest BCUT2D eigenvalue weighted by atomic mass is 127. The lowest BCUT2D eigenvalue weighted by Gasteiger charge is -2.15. The number of fused-ring (bicyclic) bond motifs is 1. The first-order valence-electron chi connectivity index (χ1n) is 9.56. The Morgan fingerprint density at radius 1 is 1.03 bits per heavy atom. The maximum Gasteiger partial charge on any atom is 0.387 e. The van der Waals surface area contributed by atoms with Crippen LogP contribution in [0, 0.1) is 0 Å². The summed E-state index contributed by atoms with van der Waals surface area (Å²) in [5.41, 5.74) is 1.55. The molecule has 2 N–H and O–H groups in total. The number of rotatable bonds is 9. The van der Waals surface area contributed by atoms with Gasteiger partial charge >= 0.3 is 6.61 Å². The number of nitrogens with one attached hydrogen (secondary N) is 2. The highest BCUT2D eigenvalue weighted by molar-refractivity contribution is 14.0. The molecule has 8 nitrogen and oxygen atoms in total. The molecule has 0 radical (unpaired) electrons. The smallest absolute Gasteiger partial charge is 0.387 e. The number of hydrogen-bond acceptors (Lipinski definition) is 6. The maximum atomic E-state index is 12.8. The van der Waals surface area contributed by atoms with Crippen LogP contribution in [0.1, 0.15) is 11.1 Å². The molecule has 2 aromatic rings. The molecule has 1 heterocycles. The van der Waals surface area contributed by atoms with Gasteiger partial charge in [-0.1, -0.05) is 6.07 Å². The van der Waals surface area contributed by atoms with Crippen LogP contribution in [0.3, 0.4) is 0 Å². The van der Waals surface area contributed by atoms with Gasteiger partial charge in [-0.15, -0.1) is 24.0 Å². The van der Waals surface area contributed by atoms with Gasteiger partial charge in [0.25, 0.3) is 0 Å². The second-order valence-corrected chi connectivity index (χ2v) is 6.48. The molecule has 2 aromatic carbocycles. The summed E-state index contributed by atoms with van der Waals surface area (Å²) in [6, 6.07) is 8.74. The lowest BCUT2D eigenvalue weighted by Crippen LogP contribution is -2.38. The van der Waals surface area contributed by atoms with Crippen LogP contribution in [0.15, 0.2) is 35.3 Å². The van der Waals surface area contributed by atoms with Crippen molar-refractivity contribution in [1.29, 1.82) is 0 Å². The second-order valence-electron chi connectivity index (χ2n) is 6.48. The van der Waals surface area contributed by atoms with E-state index in [9.17, 15) is 8.78 Å². The van der Waals surface area contributed by atoms with Gasteiger partial charge in [-0.3, -0.25) is 4.99 Å². The van der Waals surface area contributed by atoms with Crippen molar-refractivity contribution < 1.29 is 32.5 Å². The predicted octanol–water partition coefficient (Wildman–Crippen LogP) is 3.56. The van der Waals surface area contributed by atoms with Crippen LogP contribution in [0.2, 0.25) is 0 Å². The average molecular weight is 565 g/mol. The van der Waals surface area contributed by atoms with Gasteiger partial charge in [0.2, 0.25) is 6.79 Å². The normalized spacial score (nSPS) is 12.2. The van der Waals surface area contributed by atoms with E-state index in [2.05, 4.69) is 20.4 Å². The standard InChI is InChI=1S/C21H25F2N3O5.HI/c1-24-21(25-7-6-13-4-5-15(27-2)17(8-13)28-3)26-11-14-9-18-19(30-12-29-18)10-16(14)31-20(22)23;/h4-5,8-10,20H,6-7,11-12H2,1-3H3,(H2,24,25,26);1H. The summed E-state index contributed by atoms with van der Waals surface area (Å²) < 4.78 is 51.3. The van der Waals surface area contributed by atoms with E-state index in [1.807, 2.05) is 18.2 Å². The summed E-state index contributed by atoms with van der Waals surface area (Å²) >= 11 is 0. The molecule has 0 saturated carbocycles. The summed E-state index contributed by atoms with van der Waals surface area (Å²) in [5, 5.41) is 6.28. The van der Waals surface area contributed by atoms with E-state index in [0.717, 1.165) is 5.56 Å². The summed E-state index contributed by atoms with van der Waals surface area (Å²) in [4.78, 5) is 4.16. The fourth-order valence-corrected chi connectivity index (χ4v) is 3.07. The molecule has 32 heavy (non-hydrogen) atoms. The first-order valence-corrected chi connectivity index (χ1v) is 9.56. The number of halogens is 3. The first kappa shape index (κ1) is 25.6. The van der Waals surface area contributed by atoms with Crippen LogP contribution >= 0.6 is 24.0 Å². The third-order valence-electron chi connectivity index (χ3n) is 4.60. The van der Waals surface area contributed by atoms with E-state index in [1.54, 1.807) is 27.3 Å². The number of aliphatic imine (C=N–C) groups is 1. The van der Waals surface area contributed by atoms with Crippen molar-refractivity contribution in [3.63, 3.8) is 0 Å². The van der Waals surface area contributed by atoms with E-state index in [0.29, 0.717) is 47.5 Å². The zero-order valence-electron chi connectivity index (χ0n) is 17.9. The largest absolute Gasteiger partial charge is 0.493 e. The molecular formula is C21H26F2IN3O5. The Bertz CT molecular complexity index is 931. The molecule has 0 amide bonds. The van der Waals surface area contributed by atoms with E-state index in [1.165, 1.54) is 6.07 Å². The topological polar surface area (TPSA) is 82.6 Å². The van der Waals surface area contributed by atoms with Crippen molar-refractivity contribution in [3.05, 3.63) is 41.5 Å². The molecule has 3 rings (SSSR count). The average Bonchev–Trinajstić information content (AvgIpc) is 3.22. The third-order valence-corrected chi connectivity index (χ3v) is 4.60. The van der Waals surface area contributed by atoms with E-state index in [-0.39, 0.29) is 43.1 Å². The highest BCUT2D eigenvalue weighted by Crippen LogP contribution is 2.38. The minimum absolute atomic E-state index is 0. The van der Waals surface area contributed by atoms with Crippen LogP contribution in [-0.2, 0) is 13.0 Å². The summed E-state index contributed by atoms with van der Waals surface area (Å²) in [6.07, 6.45) is 0.713. The first-order chi connectivity index (χ1) is 15.0. The number of nitrogens with zero attached hydrogens (tertiary/aromatic N) is 1. The van der Waals surface area contributed by atoms with Crippen LogP contribution in [0.5, 0.6) is 28.7 Å². The zero-order valence-corrected chi connectivity index (χ0v) is 20.3. The van der Waals surface area contributed by atoms with Gasteiger partial charge in [-0.2, -0.15) is 8.78 Å². The predicted molar refractivity (Wildman–Crippen MR) is 126 cm³/mol. The van der Waals surface area contributed by atoms with Crippen molar-refractivity contribution in [2.24, 2.45) is 4.99 Å². The van der Waals surface area contributed by atoms with Crippen LogP contribution < -0.4 is 34.3 Å². The zero-order chi connectivity index (χ0) is 22.2. The molecule has 1 aliphatic heterocycles. The monoisotopic (exact) mass is 565 g/mol. The Hall–Kier alpha value is -2.70. The molecule has 176 valence electrons. The van der Waals surface area contributed by atoms with E-state index in [4.69, 9.17) is 18.9 Å². The fourth-order valence-electron chi connectivity index (χ4n) is 3.07. The third kappa shape index (κ3) is 6.65. The minimum atomic E-state index is -2.95. The molecule has 0 spiro atoms. The molecule has 0 saturated heterocycles. The Morgan fingerprint density at radius 3 is 2.41 bits per heavy atom. The second kappa shape index (κ2) is 12.4. The molecule has 0 aromatic heterocycles. The van der Waals surface area contributed by atoms with Crippen molar-refractivity contribution >= 4 is 29.9 Å². The molecule has 0 bridgehead atoms. The summed E-state index contributed by atoms with van der Waals surface area (Å²) in [5.74, 6) is 2.72. The Labute approximate surface area is 202 Å². The number of hydrogen-bond donors (Lipinski definition) is 2. The highest BCUT2D eigenvalue weighted by Gasteiger charge is 2.20. The van der Waals surface area contributed by atoms with Gasteiger partial charge in [0, 0.05) is 31.8 Å². The summed E-state index contributed by atoms with van der Waals surface area (Å²) in [7, 11) is 4.81. The van der Waals surface area contributed by atoms with Crippen LogP contribution in [0.25, 0.3) is 0 Å². The number of guanidine groups is 1. The Morgan fingerprint density at radius 2 is 1.75 bits per heavy atom. The molecule has 1 aliphatic rings. The molecule has 0 atom stereocenters. The van der Waals surface area contributed by atoms with Gasteiger partial charge < -0.3 is 34.3 Å². The number of ether oxygens (including phenoxy) is 5. The maximum absolute atomic E-state index is 12.8. The van der Waals surface area contributed by atoms with Crippen LogP contribution in [0.4, 0.5) is 8.78 Å². The number of alkyl halides is 2. The molecule has 0 unspecified atom stereocenters. The minimum Gasteiger partial charge on any atom is -0.493 e. The van der Waals surface area contributed by atoms with Gasteiger partial charge in [0.05, 0.1) is 14.2 Å². The fraction of sp³-hybridized carbons (Fsp3) is 0.381. The molecule has 11 heteroatoms. The van der Waals surface area contributed by atoms with Gasteiger partial charge in [-0.05, 0) is 30.2 Å². The van der Waals surface area contributed by atoms with Crippen molar-refractivity contribution in [3.8, 4) is 28.7 Å². The van der Waals surface area contributed by atoms with Gasteiger partial charge in [0.1, 0.15) is 5.75 Å². The lowest BCUT2D eigenvalue weighted by molar-refractivity contribution is -0.0505. The van der Waals surface area contributed by atoms with Crippen molar-refractivity contribution in [1.82, 2.24) is 10.6 Å². The SMILES string of the molecule is CN=C(NCCc1ccc(OC)c(OC)c1)NCc1cc2c(cc1OC(F)F)OCO2.I. The lowest BCUT2D eigenvalue weighted by atomic mass is 10.1. The van der Waals surface area contributed by atoms with Crippen LogP contribution in [-0.4, -0.2) is 47.2 Å². The van der Waals surface area contributed by atoms with Gasteiger partial charge in [0.15, 0.2) is 29.0 Å². The number of benzene rings is 2. The van der Waals surface area contributed by atoms with Crippen molar-refractivity contribution in [2.75, 3.05) is 34.6 Å².